The molecular formula is C15H19N3O. The number of rotatable bonds is 2. The SMILES string of the molecule is COc1cccc(C2CCNc3c(C)c(C)nn32)c1. The number of aryl methyl sites for hydroxylation is 1. The van der Waals surface area contributed by atoms with Gasteiger partial charge in [0, 0.05) is 12.1 Å². The van der Waals surface area contributed by atoms with Crippen molar-refractivity contribution in [2.45, 2.75) is 26.3 Å². The standard InChI is InChI=1S/C15H19N3O/c1-10-11(2)17-18-14(7-8-16-15(10)18)12-5-4-6-13(9-12)19-3/h4-6,9,14,16H,7-8H2,1-3H3. The summed E-state index contributed by atoms with van der Waals surface area (Å²) in [6.45, 7) is 5.16. The number of benzene rings is 1. The number of nitrogens with zero attached hydrogens (tertiary/aromatic N) is 2. The van der Waals surface area contributed by atoms with Gasteiger partial charge in [0.15, 0.2) is 0 Å². The monoisotopic (exact) mass is 257 g/mol. The molecule has 4 nitrogen and oxygen atoms in total. The summed E-state index contributed by atoms with van der Waals surface area (Å²) in [7, 11) is 1.70. The summed E-state index contributed by atoms with van der Waals surface area (Å²) in [5.74, 6) is 2.05. The van der Waals surface area contributed by atoms with E-state index in [4.69, 9.17) is 4.74 Å². The Morgan fingerprint density at radius 3 is 3.00 bits per heavy atom. The third kappa shape index (κ3) is 1.97. The summed E-state index contributed by atoms with van der Waals surface area (Å²) in [6.07, 6.45) is 1.04. The summed E-state index contributed by atoms with van der Waals surface area (Å²) in [4.78, 5) is 0. The van der Waals surface area contributed by atoms with Crippen LogP contribution in [-0.4, -0.2) is 23.4 Å². The van der Waals surface area contributed by atoms with Gasteiger partial charge in [0.05, 0.1) is 18.8 Å². The Morgan fingerprint density at radius 1 is 1.37 bits per heavy atom. The third-order valence-corrected chi connectivity index (χ3v) is 3.87. The summed E-state index contributed by atoms with van der Waals surface area (Å²) in [5.41, 5.74) is 3.59. The maximum Gasteiger partial charge on any atom is 0.128 e. The van der Waals surface area contributed by atoms with E-state index in [1.54, 1.807) is 7.11 Å². The minimum absolute atomic E-state index is 0.291. The number of hydrogen-bond acceptors (Lipinski definition) is 3. The van der Waals surface area contributed by atoms with E-state index in [-0.39, 0.29) is 0 Å². The van der Waals surface area contributed by atoms with Crippen LogP contribution in [0.3, 0.4) is 0 Å². The van der Waals surface area contributed by atoms with Crippen LogP contribution in [0.15, 0.2) is 24.3 Å². The van der Waals surface area contributed by atoms with E-state index in [1.807, 2.05) is 12.1 Å². The summed E-state index contributed by atoms with van der Waals surface area (Å²) in [6, 6.07) is 8.56. The van der Waals surface area contributed by atoms with Crippen LogP contribution in [0.1, 0.15) is 29.3 Å². The molecule has 0 bridgehead atoms. The first-order chi connectivity index (χ1) is 9.20. The predicted octanol–water partition coefficient (Wildman–Crippen LogP) is 2.91. The van der Waals surface area contributed by atoms with Gasteiger partial charge in [-0.25, -0.2) is 4.68 Å². The van der Waals surface area contributed by atoms with E-state index in [0.717, 1.165) is 30.2 Å². The van der Waals surface area contributed by atoms with Crippen molar-refractivity contribution in [1.29, 1.82) is 0 Å². The number of hydrogen-bond donors (Lipinski definition) is 1. The number of aromatic nitrogens is 2. The molecule has 0 fully saturated rings. The molecule has 4 heteroatoms. The summed E-state index contributed by atoms with van der Waals surface area (Å²) in [5, 5.41) is 8.13. The van der Waals surface area contributed by atoms with Crippen LogP contribution in [0.4, 0.5) is 5.82 Å². The second kappa shape index (κ2) is 4.61. The summed E-state index contributed by atoms with van der Waals surface area (Å²) >= 11 is 0. The average Bonchev–Trinajstić information content (AvgIpc) is 2.74. The highest BCUT2D eigenvalue weighted by atomic mass is 16.5. The fourth-order valence-electron chi connectivity index (χ4n) is 2.68. The van der Waals surface area contributed by atoms with Gasteiger partial charge in [-0.05, 0) is 38.0 Å². The largest absolute Gasteiger partial charge is 0.497 e. The second-order valence-corrected chi connectivity index (χ2v) is 5.01. The van der Waals surface area contributed by atoms with Crippen LogP contribution in [0.25, 0.3) is 0 Å². The van der Waals surface area contributed by atoms with Crippen molar-refractivity contribution in [1.82, 2.24) is 9.78 Å². The van der Waals surface area contributed by atoms with Gasteiger partial charge in [0.25, 0.3) is 0 Å². The number of anilines is 1. The first-order valence-electron chi connectivity index (χ1n) is 6.64. The molecule has 0 radical (unpaired) electrons. The third-order valence-electron chi connectivity index (χ3n) is 3.87. The smallest absolute Gasteiger partial charge is 0.128 e. The molecule has 0 saturated carbocycles. The molecule has 2 aromatic rings. The van der Waals surface area contributed by atoms with E-state index in [1.165, 1.54) is 11.1 Å². The number of fused-ring (bicyclic) bond motifs is 1. The average molecular weight is 257 g/mol. The van der Waals surface area contributed by atoms with Crippen molar-refractivity contribution >= 4 is 5.82 Å². The van der Waals surface area contributed by atoms with E-state index >= 15 is 0 Å². The van der Waals surface area contributed by atoms with Gasteiger partial charge in [0.1, 0.15) is 11.6 Å². The fourth-order valence-corrected chi connectivity index (χ4v) is 2.68. The molecule has 1 aliphatic rings. The van der Waals surface area contributed by atoms with Crippen LogP contribution < -0.4 is 10.1 Å². The van der Waals surface area contributed by atoms with Crippen LogP contribution in [0.2, 0.25) is 0 Å². The van der Waals surface area contributed by atoms with Gasteiger partial charge < -0.3 is 10.1 Å². The Morgan fingerprint density at radius 2 is 2.21 bits per heavy atom. The highest BCUT2D eigenvalue weighted by Gasteiger charge is 2.24. The van der Waals surface area contributed by atoms with E-state index in [2.05, 4.69) is 41.1 Å². The summed E-state index contributed by atoms with van der Waals surface area (Å²) < 4.78 is 7.43. The van der Waals surface area contributed by atoms with Crippen LogP contribution >= 0.6 is 0 Å². The maximum atomic E-state index is 5.32. The zero-order chi connectivity index (χ0) is 13.4. The van der Waals surface area contributed by atoms with Crippen molar-refractivity contribution < 1.29 is 4.74 Å². The molecule has 1 N–H and O–H groups in total. The lowest BCUT2D eigenvalue weighted by atomic mass is 10.0. The molecular weight excluding hydrogens is 238 g/mol. The fraction of sp³-hybridized carbons (Fsp3) is 0.400. The number of methoxy groups -OCH3 is 1. The van der Waals surface area contributed by atoms with Crippen molar-refractivity contribution in [3.63, 3.8) is 0 Å². The van der Waals surface area contributed by atoms with Gasteiger partial charge in [-0.3, -0.25) is 0 Å². The molecule has 0 spiro atoms. The molecule has 1 atom stereocenters. The van der Waals surface area contributed by atoms with Gasteiger partial charge in [-0.2, -0.15) is 5.10 Å². The van der Waals surface area contributed by atoms with Crippen molar-refractivity contribution in [3.05, 3.63) is 41.1 Å². The van der Waals surface area contributed by atoms with Crippen LogP contribution in [0, 0.1) is 13.8 Å². The second-order valence-electron chi connectivity index (χ2n) is 5.01. The predicted molar refractivity (Wildman–Crippen MR) is 75.9 cm³/mol. The van der Waals surface area contributed by atoms with E-state index < -0.39 is 0 Å². The molecule has 0 saturated heterocycles. The lowest BCUT2D eigenvalue weighted by molar-refractivity contribution is 0.411. The Labute approximate surface area is 113 Å². The normalized spacial score (nSPS) is 17.7. The molecule has 19 heavy (non-hydrogen) atoms. The minimum Gasteiger partial charge on any atom is -0.497 e. The molecule has 100 valence electrons. The van der Waals surface area contributed by atoms with Gasteiger partial charge in [-0.1, -0.05) is 12.1 Å². The minimum atomic E-state index is 0.291. The zero-order valence-corrected chi connectivity index (χ0v) is 11.6. The molecule has 1 aromatic carbocycles. The first-order valence-corrected chi connectivity index (χ1v) is 6.64. The molecule has 1 aromatic heterocycles. The van der Waals surface area contributed by atoms with Gasteiger partial charge >= 0.3 is 0 Å². The Kier molecular flexibility index (Phi) is 2.93. The first kappa shape index (κ1) is 12.1. The van der Waals surface area contributed by atoms with Crippen molar-refractivity contribution in [3.8, 4) is 5.75 Å². The Hall–Kier alpha value is -1.97. The van der Waals surface area contributed by atoms with Crippen LogP contribution in [-0.2, 0) is 0 Å². The zero-order valence-electron chi connectivity index (χ0n) is 11.6. The van der Waals surface area contributed by atoms with Crippen molar-refractivity contribution in [2.75, 3.05) is 19.0 Å². The highest BCUT2D eigenvalue weighted by Crippen LogP contribution is 2.33. The molecule has 0 aliphatic carbocycles. The Bertz CT molecular complexity index is 603. The lowest BCUT2D eigenvalue weighted by Crippen LogP contribution is -2.24. The molecule has 0 amide bonds. The lowest BCUT2D eigenvalue weighted by Gasteiger charge is -2.26. The maximum absolute atomic E-state index is 5.32. The quantitative estimate of drug-likeness (QED) is 0.899. The van der Waals surface area contributed by atoms with Crippen LogP contribution in [0.5, 0.6) is 5.75 Å². The topological polar surface area (TPSA) is 39.1 Å². The Balaban J connectivity index is 2.05. The number of nitrogens with one attached hydrogen (secondary N) is 1. The van der Waals surface area contributed by atoms with Gasteiger partial charge in [0.2, 0.25) is 0 Å². The van der Waals surface area contributed by atoms with E-state index in [9.17, 15) is 0 Å². The number of ether oxygens (including phenoxy) is 1. The highest BCUT2D eigenvalue weighted by molar-refractivity contribution is 5.49. The molecule has 2 heterocycles. The molecule has 1 aliphatic heterocycles. The molecule has 1 unspecified atom stereocenters. The van der Waals surface area contributed by atoms with Gasteiger partial charge in [-0.15, -0.1) is 0 Å². The molecule has 3 rings (SSSR count). The van der Waals surface area contributed by atoms with E-state index in [0.29, 0.717) is 6.04 Å². The van der Waals surface area contributed by atoms with Crippen molar-refractivity contribution in [2.24, 2.45) is 0 Å².